The molecule has 0 saturated carbocycles. The number of benzene rings is 1. The van der Waals surface area contributed by atoms with Crippen molar-refractivity contribution < 1.29 is 28.5 Å². The number of rotatable bonds is 16. The van der Waals surface area contributed by atoms with Crippen LogP contribution in [0.1, 0.15) is 85.0 Å². The van der Waals surface area contributed by atoms with Crippen LogP contribution in [0.15, 0.2) is 24.3 Å². The second-order valence-electron chi connectivity index (χ2n) is 10.2. The van der Waals surface area contributed by atoms with E-state index in [1.807, 2.05) is 13.8 Å². The van der Waals surface area contributed by atoms with Gasteiger partial charge >= 0.3 is 6.03 Å². The second-order valence-corrected chi connectivity index (χ2v) is 10.2. The van der Waals surface area contributed by atoms with Gasteiger partial charge in [-0.3, -0.25) is 0 Å². The van der Waals surface area contributed by atoms with E-state index < -0.39 is 12.1 Å². The lowest BCUT2D eigenvalue weighted by molar-refractivity contribution is -0.217. The molecule has 1 aromatic rings. The van der Waals surface area contributed by atoms with Gasteiger partial charge in [-0.05, 0) is 44.5 Å². The molecule has 2 amide bonds. The summed E-state index contributed by atoms with van der Waals surface area (Å²) in [6, 6.07) is 6.86. The van der Waals surface area contributed by atoms with E-state index in [9.17, 15) is 4.79 Å². The van der Waals surface area contributed by atoms with E-state index in [-0.39, 0.29) is 24.3 Å². The fourth-order valence-electron chi connectivity index (χ4n) is 4.76. The van der Waals surface area contributed by atoms with Crippen molar-refractivity contribution in [3.63, 3.8) is 0 Å². The summed E-state index contributed by atoms with van der Waals surface area (Å²) in [6.07, 6.45) is 11.4. The molecular formula is C28H46N2O6. The highest BCUT2D eigenvalue weighted by atomic mass is 16.8. The summed E-state index contributed by atoms with van der Waals surface area (Å²) in [5, 5.41) is 5.71. The van der Waals surface area contributed by atoms with Crippen LogP contribution in [0.4, 0.5) is 10.5 Å². The minimum atomic E-state index is -0.710. The van der Waals surface area contributed by atoms with Gasteiger partial charge in [0, 0.05) is 18.8 Å². The fourth-order valence-corrected chi connectivity index (χ4v) is 4.76. The van der Waals surface area contributed by atoms with Crippen molar-refractivity contribution in [1.82, 2.24) is 5.32 Å². The van der Waals surface area contributed by atoms with Crippen molar-refractivity contribution in [1.29, 1.82) is 0 Å². The first-order valence-electron chi connectivity index (χ1n) is 13.7. The Morgan fingerprint density at radius 1 is 0.944 bits per heavy atom. The molecule has 0 aliphatic carbocycles. The monoisotopic (exact) mass is 506 g/mol. The van der Waals surface area contributed by atoms with E-state index in [0.29, 0.717) is 18.8 Å². The zero-order chi connectivity index (χ0) is 25.8. The summed E-state index contributed by atoms with van der Waals surface area (Å²) in [6.45, 7) is 6.95. The SMILES string of the molecule is CCCCCCCCCCCCO[C@@H]1[C@H]2OC(C)(C)O[C@H]2O[C@@H]1CNC(=O)Nc1ccc(OC)cc1. The van der Waals surface area contributed by atoms with E-state index in [2.05, 4.69) is 17.6 Å². The van der Waals surface area contributed by atoms with Crippen LogP contribution in [0, 0.1) is 0 Å². The average molecular weight is 507 g/mol. The molecule has 4 atom stereocenters. The first kappa shape index (κ1) is 28.7. The number of hydrogen-bond donors (Lipinski definition) is 2. The van der Waals surface area contributed by atoms with Crippen LogP contribution in [0.3, 0.4) is 0 Å². The number of hydrogen-bond acceptors (Lipinski definition) is 6. The molecule has 0 aromatic heterocycles. The third-order valence-electron chi connectivity index (χ3n) is 6.71. The highest BCUT2D eigenvalue weighted by molar-refractivity contribution is 5.89. The molecule has 2 aliphatic rings. The lowest BCUT2D eigenvalue weighted by atomic mass is 10.1. The second kappa shape index (κ2) is 14.8. The molecule has 2 aliphatic heterocycles. The van der Waals surface area contributed by atoms with Crippen molar-refractivity contribution in [3.05, 3.63) is 24.3 Å². The maximum atomic E-state index is 12.4. The van der Waals surface area contributed by atoms with Gasteiger partial charge in [0.1, 0.15) is 24.1 Å². The Kier molecular flexibility index (Phi) is 11.8. The van der Waals surface area contributed by atoms with Gasteiger partial charge in [0.2, 0.25) is 0 Å². The smallest absolute Gasteiger partial charge is 0.319 e. The Labute approximate surface area is 216 Å². The number of anilines is 1. The summed E-state index contributed by atoms with van der Waals surface area (Å²) in [4.78, 5) is 12.4. The number of amides is 2. The third-order valence-corrected chi connectivity index (χ3v) is 6.71. The van der Waals surface area contributed by atoms with E-state index in [1.54, 1.807) is 31.4 Å². The molecule has 8 nitrogen and oxygen atoms in total. The quantitative estimate of drug-likeness (QED) is 0.268. The van der Waals surface area contributed by atoms with E-state index in [1.165, 1.54) is 51.4 Å². The van der Waals surface area contributed by atoms with Crippen molar-refractivity contribution in [2.75, 3.05) is 25.6 Å². The normalized spacial score (nSPS) is 24.4. The van der Waals surface area contributed by atoms with Gasteiger partial charge in [-0.15, -0.1) is 0 Å². The summed E-state index contributed by atoms with van der Waals surface area (Å²) in [5.41, 5.74) is 0.680. The molecule has 204 valence electrons. The van der Waals surface area contributed by atoms with Crippen LogP contribution in [0.5, 0.6) is 5.75 Å². The summed E-state index contributed by atoms with van der Waals surface area (Å²) in [5.74, 6) is 0.0234. The molecule has 36 heavy (non-hydrogen) atoms. The van der Waals surface area contributed by atoms with E-state index in [4.69, 9.17) is 23.7 Å². The Morgan fingerprint density at radius 3 is 2.22 bits per heavy atom. The number of carbonyl (C=O) groups is 1. The number of unbranched alkanes of at least 4 members (excludes halogenated alkanes) is 9. The Morgan fingerprint density at radius 2 is 1.58 bits per heavy atom. The van der Waals surface area contributed by atoms with Crippen LogP contribution < -0.4 is 15.4 Å². The topological polar surface area (TPSA) is 87.3 Å². The maximum Gasteiger partial charge on any atom is 0.319 e. The van der Waals surface area contributed by atoms with E-state index >= 15 is 0 Å². The van der Waals surface area contributed by atoms with Gasteiger partial charge in [-0.1, -0.05) is 64.7 Å². The molecule has 2 N–H and O–H groups in total. The zero-order valence-electron chi connectivity index (χ0n) is 22.6. The van der Waals surface area contributed by atoms with Crippen LogP contribution in [0.2, 0.25) is 0 Å². The van der Waals surface area contributed by atoms with Gasteiger partial charge in [-0.2, -0.15) is 0 Å². The average Bonchev–Trinajstić information content (AvgIpc) is 3.32. The summed E-state index contributed by atoms with van der Waals surface area (Å²) >= 11 is 0. The minimum absolute atomic E-state index is 0.295. The highest BCUT2D eigenvalue weighted by Crippen LogP contribution is 2.38. The predicted molar refractivity (Wildman–Crippen MR) is 140 cm³/mol. The Bertz CT molecular complexity index is 772. The number of nitrogens with one attached hydrogen (secondary N) is 2. The molecule has 0 spiro atoms. The van der Waals surface area contributed by atoms with Crippen molar-refractivity contribution >= 4 is 11.7 Å². The molecule has 0 radical (unpaired) electrons. The van der Waals surface area contributed by atoms with Gasteiger partial charge in [-0.25, -0.2) is 4.79 Å². The van der Waals surface area contributed by atoms with Crippen LogP contribution in [0.25, 0.3) is 0 Å². The molecular weight excluding hydrogens is 460 g/mol. The third kappa shape index (κ3) is 9.21. The molecule has 2 fully saturated rings. The highest BCUT2D eigenvalue weighted by Gasteiger charge is 2.55. The number of carbonyl (C=O) groups excluding carboxylic acids is 1. The zero-order valence-corrected chi connectivity index (χ0v) is 22.6. The summed E-state index contributed by atoms with van der Waals surface area (Å²) < 4.78 is 29.5. The van der Waals surface area contributed by atoms with Crippen LogP contribution in [-0.2, 0) is 18.9 Å². The van der Waals surface area contributed by atoms with E-state index in [0.717, 1.165) is 18.6 Å². The molecule has 2 heterocycles. The van der Waals surface area contributed by atoms with Gasteiger partial charge in [0.05, 0.1) is 7.11 Å². The largest absolute Gasteiger partial charge is 0.497 e. The lowest BCUT2D eigenvalue weighted by Crippen LogP contribution is -2.44. The molecule has 0 bridgehead atoms. The van der Waals surface area contributed by atoms with Crippen molar-refractivity contribution in [3.8, 4) is 5.75 Å². The van der Waals surface area contributed by atoms with Crippen LogP contribution >= 0.6 is 0 Å². The van der Waals surface area contributed by atoms with Crippen LogP contribution in [-0.4, -0.2) is 56.7 Å². The molecule has 1 aromatic carbocycles. The van der Waals surface area contributed by atoms with Gasteiger partial charge in [0.25, 0.3) is 0 Å². The summed E-state index contributed by atoms with van der Waals surface area (Å²) in [7, 11) is 1.61. The standard InChI is InChI=1S/C28H46N2O6/c1-5-6-7-8-9-10-11-12-13-14-19-33-24-23(34-26-25(24)35-28(2,3)36-26)20-29-27(31)30-21-15-17-22(32-4)18-16-21/h15-18,23-26H,5-14,19-20H2,1-4H3,(H2,29,30,31)/t23-,24+,25-,26-/m1/s1. The van der Waals surface area contributed by atoms with Gasteiger partial charge in [0.15, 0.2) is 12.1 Å². The number of urea groups is 1. The lowest BCUT2D eigenvalue weighted by Gasteiger charge is -2.26. The number of methoxy groups -OCH3 is 1. The molecule has 3 rings (SSSR count). The Hall–Kier alpha value is -1.87. The first-order chi connectivity index (χ1) is 17.4. The molecule has 2 saturated heterocycles. The minimum Gasteiger partial charge on any atom is -0.497 e. The molecule has 8 heteroatoms. The maximum absolute atomic E-state index is 12.4. The molecule has 0 unspecified atom stereocenters. The Balaban J connectivity index is 1.38. The number of fused-ring (bicyclic) bond motifs is 1. The predicted octanol–water partition coefficient (Wildman–Crippen LogP) is 6.00. The fraction of sp³-hybridized carbons (Fsp3) is 0.750. The van der Waals surface area contributed by atoms with Crippen molar-refractivity contribution in [2.45, 2.75) is 115 Å². The van der Waals surface area contributed by atoms with Crippen molar-refractivity contribution in [2.24, 2.45) is 0 Å². The number of ether oxygens (including phenoxy) is 5. The first-order valence-corrected chi connectivity index (χ1v) is 13.7. The van der Waals surface area contributed by atoms with Gasteiger partial charge < -0.3 is 34.3 Å².